The van der Waals surface area contributed by atoms with Crippen LogP contribution < -0.4 is 10.2 Å². The molecule has 1 fully saturated rings. The maximum atomic E-state index is 11.6. The highest BCUT2D eigenvalue weighted by Gasteiger charge is 2.09. The van der Waals surface area contributed by atoms with Crippen LogP contribution in [0.2, 0.25) is 5.02 Å². The third-order valence-corrected chi connectivity index (χ3v) is 3.63. The topological polar surface area (TPSA) is 50.7 Å². The Labute approximate surface area is 125 Å². The summed E-state index contributed by atoms with van der Waals surface area (Å²) in [5.74, 6) is 0.314. The minimum absolute atomic E-state index is 0.0724. The zero-order valence-corrected chi connectivity index (χ0v) is 12.6. The molecule has 1 aliphatic carbocycles. The lowest BCUT2D eigenvalue weighted by Crippen LogP contribution is -2.25. The molecular weight excluding hydrogens is 332 g/mol. The Kier molecular flexibility index (Phi) is 5.22. The van der Waals surface area contributed by atoms with Crippen molar-refractivity contribution in [2.45, 2.75) is 25.7 Å². The maximum Gasteiger partial charge on any atom is 0.277 e. The molecule has 0 spiro atoms. The largest absolute Gasteiger partial charge is 0.483 e. The summed E-state index contributed by atoms with van der Waals surface area (Å²) in [6.45, 7) is -0.0724. The molecule has 1 saturated carbocycles. The lowest BCUT2D eigenvalue weighted by atomic mass is 10.3. The van der Waals surface area contributed by atoms with E-state index in [2.05, 4.69) is 26.5 Å². The van der Waals surface area contributed by atoms with Crippen molar-refractivity contribution in [3.8, 4) is 5.75 Å². The van der Waals surface area contributed by atoms with E-state index >= 15 is 0 Å². The van der Waals surface area contributed by atoms with Crippen LogP contribution in [0.4, 0.5) is 0 Å². The summed E-state index contributed by atoms with van der Waals surface area (Å²) >= 11 is 9.14. The summed E-state index contributed by atoms with van der Waals surface area (Å²) in [6.07, 6.45) is 4.26. The first kappa shape index (κ1) is 14.3. The monoisotopic (exact) mass is 344 g/mol. The minimum atomic E-state index is -0.263. The highest BCUT2D eigenvalue weighted by Crippen LogP contribution is 2.27. The van der Waals surface area contributed by atoms with E-state index in [1.54, 1.807) is 18.2 Å². The predicted octanol–water partition coefficient (Wildman–Crippen LogP) is 3.53. The fourth-order valence-corrected chi connectivity index (χ4v) is 2.60. The highest BCUT2D eigenvalue weighted by molar-refractivity contribution is 9.10. The second kappa shape index (κ2) is 6.91. The van der Waals surface area contributed by atoms with Crippen molar-refractivity contribution >= 4 is 39.1 Å². The van der Waals surface area contributed by atoms with E-state index in [4.69, 9.17) is 16.3 Å². The number of hydrogen-bond acceptors (Lipinski definition) is 3. The number of halogens is 2. The number of benzene rings is 1. The Morgan fingerprint density at radius 3 is 2.84 bits per heavy atom. The van der Waals surface area contributed by atoms with Crippen LogP contribution in [0.3, 0.4) is 0 Å². The van der Waals surface area contributed by atoms with E-state index in [0.717, 1.165) is 35.9 Å². The van der Waals surface area contributed by atoms with Gasteiger partial charge in [0.2, 0.25) is 0 Å². The van der Waals surface area contributed by atoms with Crippen molar-refractivity contribution in [3.05, 3.63) is 27.7 Å². The average molecular weight is 346 g/mol. The van der Waals surface area contributed by atoms with Crippen molar-refractivity contribution in [2.75, 3.05) is 6.61 Å². The maximum absolute atomic E-state index is 11.6. The molecule has 0 saturated heterocycles. The van der Waals surface area contributed by atoms with Crippen molar-refractivity contribution in [1.29, 1.82) is 0 Å². The molecule has 4 nitrogen and oxygen atoms in total. The van der Waals surface area contributed by atoms with Crippen LogP contribution in [0.15, 0.2) is 27.8 Å². The number of carbonyl (C=O) groups excluding carboxylic acids is 1. The molecule has 0 atom stereocenters. The van der Waals surface area contributed by atoms with Gasteiger partial charge in [-0.3, -0.25) is 4.79 Å². The van der Waals surface area contributed by atoms with E-state index in [1.807, 2.05) is 0 Å². The summed E-state index contributed by atoms with van der Waals surface area (Å²) < 4.78 is 6.10. The zero-order valence-electron chi connectivity index (χ0n) is 10.3. The Morgan fingerprint density at radius 2 is 2.16 bits per heavy atom. The first-order chi connectivity index (χ1) is 9.15. The minimum Gasteiger partial charge on any atom is -0.483 e. The Morgan fingerprint density at radius 1 is 1.42 bits per heavy atom. The molecule has 0 unspecified atom stereocenters. The number of carbonyl (C=O) groups is 1. The van der Waals surface area contributed by atoms with Crippen molar-refractivity contribution in [1.82, 2.24) is 5.43 Å². The van der Waals surface area contributed by atoms with Crippen molar-refractivity contribution in [2.24, 2.45) is 5.10 Å². The van der Waals surface area contributed by atoms with Crippen LogP contribution in [0.5, 0.6) is 5.75 Å². The summed E-state index contributed by atoms with van der Waals surface area (Å²) in [4.78, 5) is 11.6. The molecule has 1 aromatic rings. The zero-order chi connectivity index (χ0) is 13.7. The molecule has 0 aromatic heterocycles. The quantitative estimate of drug-likeness (QED) is 0.849. The van der Waals surface area contributed by atoms with Crippen LogP contribution in [0, 0.1) is 0 Å². The van der Waals surface area contributed by atoms with E-state index in [9.17, 15) is 4.79 Å². The molecule has 19 heavy (non-hydrogen) atoms. The van der Waals surface area contributed by atoms with Crippen molar-refractivity contribution in [3.63, 3.8) is 0 Å². The van der Waals surface area contributed by atoms with Gasteiger partial charge in [-0.1, -0.05) is 11.6 Å². The van der Waals surface area contributed by atoms with E-state index in [1.165, 1.54) is 0 Å². The van der Waals surface area contributed by atoms with Crippen LogP contribution >= 0.6 is 27.5 Å². The van der Waals surface area contributed by atoms with Crippen LogP contribution in [0.25, 0.3) is 0 Å². The molecule has 0 bridgehead atoms. The van der Waals surface area contributed by atoms with Gasteiger partial charge in [-0.2, -0.15) is 5.10 Å². The summed E-state index contributed by atoms with van der Waals surface area (Å²) in [5, 5.41) is 4.68. The van der Waals surface area contributed by atoms with Crippen LogP contribution in [-0.2, 0) is 4.79 Å². The van der Waals surface area contributed by atoms with Crippen LogP contribution in [0.1, 0.15) is 25.7 Å². The second-order valence-corrected chi connectivity index (χ2v) is 5.57. The number of nitrogens with zero attached hydrogens (tertiary/aromatic N) is 1. The first-order valence-electron chi connectivity index (χ1n) is 6.07. The van der Waals surface area contributed by atoms with Gasteiger partial charge in [0.25, 0.3) is 5.91 Å². The fraction of sp³-hybridized carbons (Fsp3) is 0.385. The molecule has 1 N–H and O–H groups in total. The van der Waals surface area contributed by atoms with Gasteiger partial charge in [0.05, 0.1) is 4.47 Å². The normalized spacial score (nSPS) is 14.3. The number of rotatable bonds is 4. The molecule has 0 heterocycles. The van der Waals surface area contributed by atoms with Gasteiger partial charge in [0.15, 0.2) is 6.61 Å². The average Bonchev–Trinajstić information content (AvgIpc) is 2.88. The summed E-state index contributed by atoms with van der Waals surface area (Å²) in [6, 6.07) is 5.13. The van der Waals surface area contributed by atoms with Gasteiger partial charge >= 0.3 is 0 Å². The van der Waals surface area contributed by atoms with E-state index in [0.29, 0.717) is 10.8 Å². The standard InChI is InChI=1S/C13H14BrClN2O2/c14-11-7-9(15)5-6-12(11)19-8-13(18)17-16-10-3-1-2-4-10/h5-7H,1-4,8H2,(H,17,18). The smallest absolute Gasteiger partial charge is 0.277 e. The number of nitrogens with one attached hydrogen (secondary N) is 1. The third-order valence-electron chi connectivity index (χ3n) is 2.77. The highest BCUT2D eigenvalue weighted by atomic mass is 79.9. The Bertz CT molecular complexity index is 497. The Balaban J connectivity index is 1.81. The number of amides is 1. The van der Waals surface area contributed by atoms with Crippen molar-refractivity contribution < 1.29 is 9.53 Å². The molecule has 2 rings (SSSR count). The SMILES string of the molecule is O=C(COc1ccc(Cl)cc1Br)NN=C1CCCC1. The van der Waals surface area contributed by atoms with Gasteiger partial charge in [-0.05, 0) is 59.8 Å². The lowest BCUT2D eigenvalue weighted by molar-refractivity contribution is -0.123. The fourth-order valence-electron chi connectivity index (χ4n) is 1.80. The molecule has 102 valence electrons. The third kappa shape index (κ3) is 4.51. The summed E-state index contributed by atoms with van der Waals surface area (Å²) in [7, 11) is 0. The van der Waals surface area contributed by atoms with Gasteiger partial charge < -0.3 is 4.74 Å². The molecule has 0 aliphatic heterocycles. The Hall–Kier alpha value is -1.07. The molecular formula is C13H14BrClN2O2. The predicted molar refractivity (Wildman–Crippen MR) is 78.7 cm³/mol. The molecule has 6 heteroatoms. The van der Waals surface area contributed by atoms with E-state index < -0.39 is 0 Å². The number of ether oxygens (including phenoxy) is 1. The number of hydrazone groups is 1. The van der Waals surface area contributed by atoms with Gasteiger partial charge in [-0.15, -0.1) is 0 Å². The van der Waals surface area contributed by atoms with Gasteiger partial charge in [-0.25, -0.2) is 5.43 Å². The lowest BCUT2D eigenvalue weighted by Gasteiger charge is -2.07. The molecule has 1 aromatic carbocycles. The number of hydrogen-bond donors (Lipinski definition) is 1. The van der Waals surface area contributed by atoms with Gasteiger partial charge in [0.1, 0.15) is 5.75 Å². The van der Waals surface area contributed by atoms with Crippen LogP contribution in [-0.4, -0.2) is 18.2 Å². The molecule has 0 radical (unpaired) electrons. The first-order valence-corrected chi connectivity index (χ1v) is 7.24. The second-order valence-electron chi connectivity index (χ2n) is 4.28. The summed E-state index contributed by atoms with van der Waals surface area (Å²) in [5.41, 5.74) is 3.56. The molecule has 1 amide bonds. The van der Waals surface area contributed by atoms with Gasteiger partial charge in [0, 0.05) is 10.7 Å². The van der Waals surface area contributed by atoms with E-state index in [-0.39, 0.29) is 12.5 Å². The molecule has 1 aliphatic rings.